The van der Waals surface area contributed by atoms with Gasteiger partial charge in [-0.05, 0) is 65.9 Å². The zero-order valence-corrected chi connectivity index (χ0v) is 15.5. The molecule has 0 aromatic heterocycles. The smallest absolute Gasteiger partial charge is 0.0640 e. The molecule has 0 unspecified atom stereocenters. The van der Waals surface area contributed by atoms with Crippen LogP contribution in [0.3, 0.4) is 0 Å². The van der Waals surface area contributed by atoms with Crippen LogP contribution in [0.1, 0.15) is 16.7 Å². The third-order valence-corrected chi connectivity index (χ3v) is 5.30. The molecule has 0 spiro atoms. The van der Waals surface area contributed by atoms with Gasteiger partial charge in [0, 0.05) is 6.54 Å². The lowest BCUT2D eigenvalue weighted by Crippen LogP contribution is -2.16. The summed E-state index contributed by atoms with van der Waals surface area (Å²) < 4.78 is 0. The standard InChI is InChI=1S/C23H23ClN2/c24-22-10-9-19-11-13-25-14-12-21(19)23(22)26-16-17-5-4-8-20(15-17)18-6-2-1-3-7-18/h1-10,15,25-26H,11-14,16H2. The monoisotopic (exact) mass is 362 g/mol. The highest BCUT2D eigenvalue weighted by molar-refractivity contribution is 6.33. The molecule has 0 bridgehead atoms. The molecule has 3 aromatic carbocycles. The normalized spacial score (nSPS) is 13.7. The average Bonchev–Trinajstić information content (AvgIpc) is 2.94. The molecular weight excluding hydrogens is 340 g/mol. The fraction of sp³-hybridized carbons (Fsp3) is 0.217. The van der Waals surface area contributed by atoms with E-state index >= 15 is 0 Å². The number of nitrogens with one attached hydrogen (secondary N) is 2. The van der Waals surface area contributed by atoms with E-state index in [2.05, 4.69) is 65.2 Å². The topological polar surface area (TPSA) is 24.1 Å². The molecule has 1 aliphatic heterocycles. The molecule has 0 saturated carbocycles. The minimum atomic E-state index is 0.768. The van der Waals surface area contributed by atoms with Crippen LogP contribution in [0.2, 0.25) is 5.02 Å². The second-order valence-electron chi connectivity index (χ2n) is 6.73. The van der Waals surface area contributed by atoms with E-state index in [1.54, 1.807) is 0 Å². The minimum absolute atomic E-state index is 0.768. The SMILES string of the molecule is Clc1ccc2c(c1NCc1cccc(-c3ccccc3)c1)CCNCC2. The van der Waals surface area contributed by atoms with Gasteiger partial charge in [0.25, 0.3) is 0 Å². The Kier molecular flexibility index (Phi) is 5.24. The zero-order chi connectivity index (χ0) is 17.8. The molecule has 0 fully saturated rings. The third kappa shape index (κ3) is 3.77. The number of anilines is 1. The van der Waals surface area contributed by atoms with Crippen molar-refractivity contribution in [3.63, 3.8) is 0 Å². The van der Waals surface area contributed by atoms with Crippen LogP contribution in [0.4, 0.5) is 5.69 Å². The number of benzene rings is 3. The average molecular weight is 363 g/mol. The van der Waals surface area contributed by atoms with E-state index in [4.69, 9.17) is 11.6 Å². The number of hydrogen-bond acceptors (Lipinski definition) is 2. The Morgan fingerprint density at radius 2 is 1.65 bits per heavy atom. The molecule has 0 radical (unpaired) electrons. The highest BCUT2D eigenvalue weighted by atomic mass is 35.5. The van der Waals surface area contributed by atoms with Gasteiger partial charge in [-0.25, -0.2) is 0 Å². The van der Waals surface area contributed by atoms with E-state index in [0.717, 1.165) is 43.2 Å². The van der Waals surface area contributed by atoms with Gasteiger partial charge in [-0.1, -0.05) is 66.2 Å². The first-order valence-electron chi connectivity index (χ1n) is 9.20. The maximum absolute atomic E-state index is 6.52. The maximum Gasteiger partial charge on any atom is 0.0640 e. The Labute approximate surface area is 160 Å². The minimum Gasteiger partial charge on any atom is -0.380 e. The van der Waals surface area contributed by atoms with E-state index in [1.807, 2.05) is 12.1 Å². The molecule has 1 aliphatic rings. The van der Waals surface area contributed by atoms with Crippen LogP contribution in [0, 0.1) is 0 Å². The van der Waals surface area contributed by atoms with Crippen molar-refractivity contribution >= 4 is 17.3 Å². The van der Waals surface area contributed by atoms with Gasteiger partial charge < -0.3 is 10.6 Å². The van der Waals surface area contributed by atoms with Crippen molar-refractivity contribution in [3.8, 4) is 11.1 Å². The summed E-state index contributed by atoms with van der Waals surface area (Å²) in [6.45, 7) is 2.81. The predicted molar refractivity (Wildman–Crippen MR) is 111 cm³/mol. The highest BCUT2D eigenvalue weighted by Gasteiger charge is 2.14. The zero-order valence-electron chi connectivity index (χ0n) is 14.8. The quantitative estimate of drug-likeness (QED) is 0.657. The van der Waals surface area contributed by atoms with Crippen LogP contribution < -0.4 is 10.6 Å². The van der Waals surface area contributed by atoms with Gasteiger partial charge >= 0.3 is 0 Å². The van der Waals surface area contributed by atoms with Crippen molar-refractivity contribution < 1.29 is 0 Å². The second-order valence-corrected chi connectivity index (χ2v) is 7.14. The summed E-state index contributed by atoms with van der Waals surface area (Å²) in [7, 11) is 0. The number of hydrogen-bond donors (Lipinski definition) is 2. The lowest BCUT2D eigenvalue weighted by atomic mass is 10.00. The molecule has 132 valence electrons. The first-order valence-corrected chi connectivity index (χ1v) is 9.58. The van der Waals surface area contributed by atoms with Crippen molar-refractivity contribution in [1.82, 2.24) is 5.32 Å². The van der Waals surface area contributed by atoms with Crippen molar-refractivity contribution in [2.75, 3.05) is 18.4 Å². The van der Waals surface area contributed by atoms with Gasteiger partial charge in [-0.3, -0.25) is 0 Å². The molecule has 26 heavy (non-hydrogen) atoms. The third-order valence-electron chi connectivity index (χ3n) is 4.99. The molecule has 2 N–H and O–H groups in total. The Morgan fingerprint density at radius 1 is 0.846 bits per heavy atom. The van der Waals surface area contributed by atoms with Crippen LogP contribution in [-0.4, -0.2) is 13.1 Å². The van der Waals surface area contributed by atoms with Crippen LogP contribution >= 0.6 is 11.6 Å². The first-order chi connectivity index (χ1) is 12.8. The lowest BCUT2D eigenvalue weighted by Gasteiger charge is -2.16. The van der Waals surface area contributed by atoms with E-state index in [9.17, 15) is 0 Å². The van der Waals surface area contributed by atoms with Crippen LogP contribution in [0.5, 0.6) is 0 Å². The summed E-state index contributed by atoms with van der Waals surface area (Å²) in [6.07, 6.45) is 2.08. The summed E-state index contributed by atoms with van der Waals surface area (Å²) in [4.78, 5) is 0. The molecule has 3 heteroatoms. The van der Waals surface area contributed by atoms with Gasteiger partial charge in [0.15, 0.2) is 0 Å². The van der Waals surface area contributed by atoms with Crippen molar-refractivity contribution in [2.45, 2.75) is 19.4 Å². The highest BCUT2D eigenvalue weighted by Crippen LogP contribution is 2.31. The van der Waals surface area contributed by atoms with Gasteiger partial charge in [0.05, 0.1) is 10.7 Å². The summed E-state index contributed by atoms with van der Waals surface area (Å²) in [6, 6.07) is 23.4. The Balaban J connectivity index is 1.57. The molecule has 0 saturated heterocycles. The Hall–Kier alpha value is -2.29. The van der Waals surface area contributed by atoms with Crippen LogP contribution in [-0.2, 0) is 19.4 Å². The largest absolute Gasteiger partial charge is 0.380 e. The van der Waals surface area contributed by atoms with E-state index in [0.29, 0.717) is 0 Å². The predicted octanol–water partition coefficient (Wildman–Crippen LogP) is 5.31. The van der Waals surface area contributed by atoms with Gasteiger partial charge in [0.2, 0.25) is 0 Å². The molecule has 0 aliphatic carbocycles. The molecule has 3 aromatic rings. The number of halogens is 1. The van der Waals surface area contributed by atoms with Gasteiger partial charge in [-0.15, -0.1) is 0 Å². The van der Waals surface area contributed by atoms with Crippen LogP contribution in [0.15, 0.2) is 66.7 Å². The number of rotatable bonds is 4. The van der Waals surface area contributed by atoms with E-state index in [1.165, 1.54) is 27.8 Å². The van der Waals surface area contributed by atoms with Gasteiger partial charge in [-0.2, -0.15) is 0 Å². The number of fused-ring (bicyclic) bond motifs is 1. The Morgan fingerprint density at radius 3 is 2.54 bits per heavy atom. The summed E-state index contributed by atoms with van der Waals surface area (Å²) in [5.41, 5.74) is 7.60. The van der Waals surface area contributed by atoms with E-state index in [-0.39, 0.29) is 0 Å². The first kappa shape index (κ1) is 17.1. The lowest BCUT2D eigenvalue weighted by molar-refractivity contribution is 0.711. The van der Waals surface area contributed by atoms with E-state index < -0.39 is 0 Å². The molecule has 2 nitrogen and oxygen atoms in total. The van der Waals surface area contributed by atoms with Crippen molar-refractivity contribution in [3.05, 3.63) is 88.4 Å². The van der Waals surface area contributed by atoms with Crippen LogP contribution in [0.25, 0.3) is 11.1 Å². The molecule has 4 rings (SSSR count). The molecular formula is C23H23ClN2. The Bertz CT molecular complexity index is 890. The van der Waals surface area contributed by atoms with Crippen molar-refractivity contribution in [1.29, 1.82) is 0 Å². The van der Waals surface area contributed by atoms with Crippen molar-refractivity contribution in [2.24, 2.45) is 0 Å². The summed E-state index contributed by atoms with van der Waals surface area (Å²) in [5.74, 6) is 0. The maximum atomic E-state index is 6.52. The summed E-state index contributed by atoms with van der Waals surface area (Å²) in [5, 5.41) is 7.88. The molecule has 1 heterocycles. The molecule has 0 atom stereocenters. The second kappa shape index (κ2) is 7.94. The summed E-state index contributed by atoms with van der Waals surface area (Å²) >= 11 is 6.52. The fourth-order valence-corrected chi connectivity index (χ4v) is 3.86. The fourth-order valence-electron chi connectivity index (χ4n) is 3.62. The molecule has 0 amide bonds. The van der Waals surface area contributed by atoms with Gasteiger partial charge in [0.1, 0.15) is 0 Å².